The van der Waals surface area contributed by atoms with Crippen molar-refractivity contribution in [1.29, 1.82) is 0 Å². The van der Waals surface area contributed by atoms with Gasteiger partial charge < -0.3 is 15.8 Å². The molecule has 0 unspecified atom stereocenters. The average molecular weight is 362 g/mol. The molecule has 0 radical (unpaired) electrons. The summed E-state index contributed by atoms with van der Waals surface area (Å²) in [7, 11) is 0. The van der Waals surface area contributed by atoms with E-state index in [1.807, 2.05) is 19.1 Å². The Morgan fingerprint density at radius 2 is 2.08 bits per heavy atom. The molecule has 2 rings (SSSR count). The van der Waals surface area contributed by atoms with E-state index in [9.17, 15) is 9.59 Å². The lowest BCUT2D eigenvalue weighted by Gasteiger charge is -2.14. The normalized spacial score (nSPS) is 10.6. The Balaban J connectivity index is 2.02. The average Bonchev–Trinajstić information content (AvgIpc) is 2.93. The number of anilines is 2. The SMILES string of the molecule is Cc1ccc(NC(=O)Nc2ncc(CC(N)=O)s2)c(OCC(C)C)c1. The lowest BCUT2D eigenvalue weighted by Crippen LogP contribution is -2.20. The molecule has 134 valence electrons. The minimum absolute atomic E-state index is 0.103. The number of rotatable bonds is 7. The van der Waals surface area contributed by atoms with Gasteiger partial charge >= 0.3 is 6.03 Å². The van der Waals surface area contributed by atoms with Crippen LogP contribution in [0.1, 0.15) is 24.3 Å². The van der Waals surface area contributed by atoms with E-state index in [-0.39, 0.29) is 6.42 Å². The zero-order valence-electron chi connectivity index (χ0n) is 14.5. The van der Waals surface area contributed by atoms with Crippen LogP contribution in [0.15, 0.2) is 24.4 Å². The molecular formula is C17H22N4O3S. The second-order valence-electron chi connectivity index (χ2n) is 6.06. The molecule has 0 aliphatic heterocycles. The maximum Gasteiger partial charge on any atom is 0.325 e. The summed E-state index contributed by atoms with van der Waals surface area (Å²) in [4.78, 5) is 27.8. The van der Waals surface area contributed by atoms with Crippen molar-refractivity contribution >= 4 is 34.1 Å². The molecule has 0 fully saturated rings. The minimum atomic E-state index is -0.439. The summed E-state index contributed by atoms with van der Waals surface area (Å²) in [6.07, 6.45) is 1.63. The number of aryl methyl sites for hydroxylation is 1. The predicted molar refractivity (Wildman–Crippen MR) is 99.2 cm³/mol. The number of nitrogens with zero attached hydrogens (tertiary/aromatic N) is 1. The van der Waals surface area contributed by atoms with Crippen molar-refractivity contribution in [2.24, 2.45) is 11.7 Å². The number of carbonyl (C=O) groups is 2. The molecule has 7 nitrogen and oxygen atoms in total. The Morgan fingerprint density at radius 1 is 1.32 bits per heavy atom. The molecule has 0 atom stereocenters. The van der Waals surface area contributed by atoms with Crippen LogP contribution in [0, 0.1) is 12.8 Å². The van der Waals surface area contributed by atoms with Crippen molar-refractivity contribution in [3.8, 4) is 5.75 Å². The highest BCUT2D eigenvalue weighted by atomic mass is 32.1. The van der Waals surface area contributed by atoms with Crippen LogP contribution in [-0.2, 0) is 11.2 Å². The highest BCUT2D eigenvalue weighted by molar-refractivity contribution is 7.15. The molecule has 1 heterocycles. The third-order valence-electron chi connectivity index (χ3n) is 3.08. The summed E-state index contributed by atoms with van der Waals surface area (Å²) in [6.45, 7) is 6.63. The van der Waals surface area contributed by atoms with Gasteiger partial charge in [0, 0.05) is 11.1 Å². The van der Waals surface area contributed by atoms with Crippen molar-refractivity contribution in [3.63, 3.8) is 0 Å². The molecule has 8 heteroatoms. The number of ether oxygens (including phenoxy) is 1. The molecule has 1 aromatic carbocycles. The van der Waals surface area contributed by atoms with Crippen LogP contribution in [-0.4, -0.2) is 23.5 Å². The third-order valence-corrected chi connectivity index (χ3v) is 3.99. The molecule has 0 saturated carbocycles. The number of nitrogens with one attached hydrogen (secondary N) is 2. The number of nitrogens with two attached hydrogens (primary N) is 1. The minimum Gasteiger partial charge on any atom is -0.491 e. The first-order valence-corrected chi connectivity index (χ1v) is 8.69. The molecule has 0 bridgehead atoms. The molecule has 4 N–H and O–H groups in total. The predicted octanol–water partition coefficient (Wildman–Crippen LogP) is 3.16. The molecular weight excluding hydrogens is 340 g/mol. The van der Waals surface area contributed by atoms with Gasteiger partial charge in [0.1, 0.15) is 5.75 Å². The first-order chi connectivity index (χ1) is 11.8. The quantitative estimate of drug-likeness (QED) is 0.703. The van der Waals surface area contributed by atoms with Crippen molar-refractivity contribution in [2.45, 2.75) is 27.2 Å². The number of urea groups is 1. The lowest BCUT2D eigenvalue weighted by molar-refractivity contribution is -0.117. The zero-order valence-corrected chi connectivity index (χ0v) is 15.3. The maximum atomic E-state index is 12.2. The van der Waals surface area contributed by atoms with E-state index in [4.69, 9.17) is 10.5 Å². The Kier molecular flexibility index (Phi) is 6.35. The van der Waals surface area contributed by atoms with Crippen LogP contribution >= 0.6 is 11.3 Å². The number of hydrogen-bond acceptors (Lipinski definition) is 5. The Labute approximate surface area is 150 Å². The molecule has 0 spiro atoms. The van der Waals surface area contributed by atoms with Crippen molar-refractivity contribution < 1.29 is 14.3 Å². The standard InChI is InChI=1S/C17H22N4O3S/c1-10(2)9-24-14-6-11(3)4-5-13(14)20-16(23)21-17-19-8-12(25-17)7-15(18)22/h4-6,8,10H,7,9H2,1-3H3,(H2,18,22)(H2,19,20,21,23). The number of aromatic nitrogens is 1. The van der Waals surface area contributed by atoms with Gasteiger partial charge in [-0.1, -0.05) is 19.9 Å². The fourth-order valence-corrected chi connectivity index (χ4v) is 2.80. The maximum absolute atomic E-state index is 12.2. The fraction of sp³-hybridized carbons (Fsp3) is 0.353. The summed E-state index contributed by atoms with van der Waals surface area (Å²) in [5, 5.41) is 5.79. The van der Waals surface area contributed by atoms with Gasteiger partial charge in [0.25, 0.3) is 0 Å². The summed E-state index contributed by atoms with van der Waals surface area (Å²) >= 11 is 1.21. The second-order valence-corrected chi connectivity index (χ2v) is 7.17. The largest absolute Gasteiger partial charge is 0.491 e. The first-order valence-electron chi connectivity index (χ1n) is 7.88. The summed E-state index contributed by atoms with van der Waals surface area (Å²) in [5.41, 5.74) is 6.77. The van der Waals surface area contributed by atoms with Crippen LogP contribution in [0.4, 0.5) is 15.6 Å². The number of amides is 3. The molecule has 25 heavy (non-hydrogen) atoms. The van der Waals surface area contributed by atoms with E-state index in [0.717, 1.165) is 5.56 Å². The molecule has 0 aliphatic rings. The number of thiazole rings is 1. The van der Waals surface area contributed by atoms with Gasteiger partial charge in [-0.15, -0.1) is 11.3 Å². The molecule has 0 aliphatic carbocycles. The monoisotopic (exact) mass is 362 g/mol. The van der Waals surface area contributed by atoms with Gasteiger partial charge in [-0.2, -0.15) is 0 Å². The van der Waals surface area contributed by atoms with E-state index < -0.39 is 11.9 Å². The van der Waals surface area contributed by atoms with Crippen molar-refractivity contribution in [3.05, 3.63) is 34.8 Å². The summed E-state index contributed by atoms with van der Waals surface area (Å²) < 4.78 is 5.77. The first kappa shape index (κ1) is 18.7. The highest BCUT2D eigenvalue weighted by Crippen LogP contribution is 2.27. The van der Waals surface area contributed by atoms with Crippen LogP contribution in [0.3, 0.4) is 0 Å². The van der Waals surface area contributed by atoms with Crippen molar-refractivity contribution in [2.75, 3.05) is 17.2 Å². The zero-order chi connectivity index (χ0) is 18.4. The van der Waals surface area contributed by atoms with Gasteiger partial charge in [0.05, 0.1) is 18.7 Å². The fourth-order valence-electron chi connectivity index (χ4n) is 1.98. The topological polar surface area (TPSA) is 106 Å². The highest BCUT2D eigenvalue weighted by Gasteiger charge is 2.12. The van der Waals surface area contributed by atoms with Gasteiger partial charge in [0.2, 0.25) is 5.91 Å². The Bertz CT molecular complexity index is 758. The molecule has 3 amide bonds. The second kappa shape index (κ2) is 8.48. The smallest absolute Gasteiger partial charge is 0.325 e. The Morgan fingerprint density at radius 3 is 2.76 bits per heavy atom. The van der Waals surface area contributed by atoms with Gasteiger partial charge in [-0.05, 0) is 30.5 Å². The third kappa shape index (κ3) is 6.07. The number of carbonyl (C=O) groups excluding carboxylic acids is 2. The van der Waals surface area contributed by atoms with Gasteiger partial charge in [-0.25, -0.2) is 9.78 Å². The van der Waals surface area contributed by atoms with Crippen LogP contribution in [0.25, 0.3) is 0 Å². The molecule has 1 aromatic heterocycles. The molecule has 2 aromatic rings. The van der Waals surface area contributed by atoms with E-state index in [0.29, 0.717) is 34.0 Å². The van der Waals surface area contributed by atoms with E-state index in [2.05, 4.69) is 29.5 Å². The van der Waals surface area contributed by atoms with E-state index in [1.54, 1.807) is 6.07 Å². The van der Waals surface area contributed by atoms with Crippen molar-refractivity contribution in [1.82, 2.24) is 4.98 Å². The lowest BCUT2D eigenvalue weighted by atomic mass is 10.2. The van der Waals surface area contributed by atoms with Gasteiger partial charge in [-0.3, -0.25) is 10.1 Å². The van der Waals surface area contributed by atoms with Crippen LogP contribution in [0.5, 0.6) is 5.75 Å². The summed E-state index contributed by atoms with van der Waals surface area (Å²) in [5.74, 6) is 0.560. The van der Waals surface area contributed by atoms with Gasteiger partial charge in [0.15, 0.2) is 5.13 Å². The Hall–Kier alpha value is -2.61. The number of hydrogen-bond donors (Lipinski definition) is 3. The van der Waals surface area contributed by atoms with E-state index >= 15 is 0 Å². The molecule has 0 saturated heterocycles. The number of primary amides is 1. The van der Waals surface area contributed by atoms with Crippen LogP contribution < -0.4 is 21.1 Å². The number of benzene rings is 1. The summed E-state index contributed by atoms with van der Waals surface area (Å²) in [6, 6.07) is 5.14. The van der Waals surface area contributed by atoms with Crippen LogP contribution in [0.2, 0.25) is 0 Å². The van der Waals surface area contributed by atoms with E-state index in [1.165, 1.54) is 17.5 Å².